The Morgan fingerprint density at radius 1 is 0.955 bits per heavy atom. The van der Waals surface area contributed by atoms with Crippen LogP contribution in [0.5, 0.6) is 0 Å². The molecule has 1 saturated heterocycles. The van der Waals surface area contributed by atoms with Gasteiger partial charge < -0.3 is 0 Å². The molecule has 1 aliphatic heterocycles. The molecular weight excluding hydrogens is 304 g/mol. The van der Waals surface area contributed by atoms with Crippen LogP contribution < -0.4 is 0 Å². The second-order valence-electron chi connectivity index (χ2n) is 7.73. The number of halogens is 1. The zero-order valence-electron chi connectivity index (χ0n) is 14.1. The number of rotatable bonds is 4. The lowest BCUT2D eigenvalue weighted by Gasteiger charge is -2.37. The first-order valence-electron chi connectivity index (χ1n) is 9.51. The van der Waals surface area contributed by atoms with E-state index in [0.717, 1.165) is 16.9 Å². The molecule has 0 amide bonds. The Kier molecular flexibility index (Phi) is 6.04. The summed E-state index contributed by atoms with van der Waals surface area (Å²) >= 11 is 6.02. The first-order valence-corrected chi connectivity index (χ1v) is 12.2. The van der Waals surface area contributed by atoms with Gasteiger partial charge in [0.2, 0.25) is 0 Å². The highest BCUT2D eigenvalue weighted by Gasteiger charge is 2.31. The summed E-state index contributed by atoms with van der Waals surface area (Å²) in [4.78, 5) is 0. The predicted octanol–water partition coefficient (Wildman–Crippen LogP) is 6.81. The van der Waals surface area contributed by atoms with Gasteiger partial charge in [0.25, 0.3) is 0 Å². The SMILES string of the molecule is CCCC1CCC([SiH]2CCC(c3ccc(Cl)cc3)CC2)CC1. The van der Waals surface area contributed by atoms with Gasteiger partial charge in [-0.25, -0.2) is 0 Å². The highest BCUT2D eigenvalue weighted by molar-refractivity contribution is 6.60. The molecule has 1 heterocycles. The average molecular weight is 335 g/mol. The fourth-order valence-electron chi connectivity index (χ4n) is 5.02. The smallest absolute Gasteiger partial charge is 0.0406 e. The monoisotopic (exact) mass is 334 g/mol. The van der Waals surface area contributed by atoms with E-state index in [1.807, 2.05) is 0 Å². The lowest BCUT2D eigenvalue weighted by Crippen LogP contribution is -2.29. The van der Waals surface area contributed by atoms with Crippen molar-refractivity contribution < 1.29 is 0 Å². The molecule has 1 aromatic carbocycles. The van der Waals surface area contributed by atoms with Gasteiger partial charge in [-0.3, -0.25) is 0 Å². The van der Waals surface area contributed by atoms with Gasteiger partial charge in [-0.1, -0.05) is 81.3 Å². The standard InChI is InChI=1S/C20H31ClSi/c1-2-3-16-4-10-20(11-5-16)22-14-12-18(13-15-22)17-6-8-19(21)9-7-17/h6-9,16,18,20,22H,2-5,10-15H2,1H3. The van der Waals surface area contributed by atoms with Crippen LogP contribution in [0.2, 0.25) is 22.7 Å². The summed E-state index contributed by atoms with van der Waals surface area (Å²) in [6, 6.07) is 11.8. The van der Waals surface area contributed by atoms with E-state index in [4.69, 9.17) is 11.6 Å². The van der Waals surface area contributed by atoms with Crippen LogP contribution >= 0.6 is 11.6 Å². The number of hydrogen-bond donors (Lipinski definition) is 0. The molecule has 0 unspecified atom stereocenters. The Balaban J connectivity index is 1.47. The average Bonchev–Trinajstić information content (AvgIpc) is 2.57. The molecule has 1 saturated carbocycles. The summed E-state index contributed by atoms with van der Waals surface area (Å²) in [5, 5.41) is 0.871. The molecule has 3 rings (SSSR count). The summed E-state index contributed by atoms with van der Waals surface area (Å²) in [6.45, 7) is 2.35. The van der Waals surface area contributed by atoms with Crippen LogP contribution in [0.15, 0.2) is 24.3 Å². The number of hydrogen-bond acceptors (Lipinski definition) is 0. The highest BCUT2D eigenvalue weighted by atomic mass is 35.5. The minimum Gasteiger partial charge on any atom is -0.0843 e. The van der Waals surface area contributed by atoms with Crippen LogP contribution in [0, 0.1) is 5.92 Å². The molecule has 1 aliphatic carbocycles. The largest absolute Gasteiger partial charge is 0.0843 e. The molecule has 0 aromatic heterocycles. The third kappa shape index (κ3) is 4.17. The Morgan fingerprint density at radius 3 is 2.18 bits per heavy atom. The van der Waals surface area contributed by atoms with E-state index in [1.165, 1.54) is 36.8 Å². The zero-order chi connectivity index (χ0) is 15.4. The van der Waals surface area contributed by atoms with Crippen molar-refractivity contribution in [2.24, 2.45) is 5.92 Å². The van der Waals surface area contributed by atoms with Gasteiger partial charge in [-0.05, 0) is 47.9 Å². The van der Waals surface area contributed by atoms with Crippen molar-refractivity contribution in [1.29, 1.82) is 0 Å². The lowest BCUT2D eigenvalue weighted by atomic mass is 9.86. The van der Waals surface area contributed by atoms with E-state index in [2.05, 4.69) is 31.2 Å². The van der Waals surface area contributed by atoms with E-state index in [-0.39, 0.29) is 0 Å². The van der Waals surface area contributed by atoms with Crippen LogP contribution in [0.3, 0.4) is 0 Å². The second kappa shape index (κ2) is 8.01. The van der Waals surface area contributed by atoms with Crippen molar-refractivity contribution in [3.8, 4) is 0 Å². The third-order valence-corrected chi connectivity index (χ3v) is 10.8. The summed E-state index contributed by atoms with van der Waals surface area (Å²) in [5.74, 6) is 1.89. The van der Waals surface area contributed by atoms with Gasteiger partial charge >= 0.3 is 0 Å². The Morgan fingerprint density at radius 2 is 1.59 bits per heavy atom. The lowest BCUT2D eigenvalue weighted by molar-refractivity contribution is 0.332. The van der Waals surface area contributed by atoms with E-state index in [0.29, 0.717) is 0 Å². The third-order valence-electron chi connectivity index (χ3n) is 6.37. The fraction of sp³-hybridized carbons (Fsp3) is 0.700. The molecule has 2 fully saturated rings. The molecule has 122 valence electrons. The predicted molar refractivity (Wildman–Crippen MR) is 101 cm³/mol. The molecule has 0 radical (unpaired) electrons. The molecule has 0 atom stereocenters. The molecular formula is C20H31ClSi. The van der Waals surface area contributed by atoms with Crippen molar-refractivity contribution in [2.75, 3.05) is 0 Å². The normalized spacial score (nSPS) is 32.8. The van der Waals surface area contributed by atoms with Crippen molar-refractivity contribution in [3.63, 3.8) is 0 Å². The maximum absolute atomic E-state index is 6.02. The molecule has 0 N–H and O–H groups in total. The van der Waals surface area contributed by atoms with E-state index >= 15 is 0 Å². The molecule has 2 heteroatoms. The molecule has 0 spiro atoms. The first kappa shape index (κ1) is 16.6. The van der Waals surface area contributed by atoms with Gasteiger partial charge in [0.1, 0.15) is 0 Å². The van der Waals surface area contributed by atoms with Crippen LogP contribution in [-0.2, 0) is 0 Å². The first-order chi connectivity index (χ1) is 10.8. The van der Waals surface area contributed by atoms with Crippen LogP contribution in [-0.4, -0.2) is 8.80 Å². The summed E-state index contributed by atoms with van der Waals surface area (Å²) in [6.07, 6.45) is 12.0. The fourth-order valence-corrected chi connectivity index (χ4v) is 9.36. The van der Waals surface area contributed by atoms with Gasteiger partial charge in [0, 0.05) is 13.8 Å². The maximum atomic E-state index is 6.02. The number of benzene rings is 1. The summed E-state index contributed by atoms with van der Waals surface area (Å²) < 4.78 is 0. The minimum atomic E-state index is -0.453. The zero-order valence-corrected chi connectivity index (χ0v) is 16.0. The molecule has 0 bridgehead atoms. The van der Waals surface area contributed by atoms with Crippen LogP contribution in [0.25, 0.3) is 0 Å². The Hall–Kier alpha value is -0.273. The Bertz CT molecular complexity index is 439. The Labute approximate surface area is 143 Å². The molecule has 2 aliphatic rings. The van der Waals surface area contributed by atoms with Crippen molar-refractivity contribution in [1.82, 2.24) is 0 Å². The minimum absolute atomic E-state index is 0.453. The van der Waals surface area contributed by atoms with E-state index in [9.17, 15) is 0 Å². The molecule has 22 heavy (non-hydrogen) atoms. The van der Waals surface area contributed by atoms with Gasteiger partial charge in [-0.15, -0.1) is 0 Å². The van der Waals surface area contributed by atoms with E-state index in [1.54, 1.807) is 37.8 Å². The summed E-state index contributed by atoms with van der Waals surface area (Å²) in [5.41, 5.74) is 2.71. The van der Waals surface area contributed by atoms with Gasteiger partial charge in [0.05, 0.1) is 0 Å². The van der Waals surface area contributed by atoms with Gasteiger partial charge in [0.15, 0.2) is 0 Å². The van der Waals surface area contributed by atoms with Crippen LogP contribution in [0.1, 0.15) is 69.8 Å². The van der Waals surface area contributed by atoms with Crippen molar-refractivity contribution in [2.45, 2.75) is 81.8 Å². The van der Waals surface area contributed by atoms with Crippen molar-refractivity contribution in [3.05, 3.63) is 34.9 Å². The second-order valence-corrected chi connectivity index (χ2v) is 11.8. The maximum Gasteiger partial charge on any atom is 0.0406 e. The molecule has 1 aromatic rings. The van der Waals surface area contributed by atoms with Crippen LogP contribution in [0.4, 0.5) is 0 Å². The summed E-state index contributed by atoms with van der Waals surface area (Å²) in [7, 11) is -0.453. The van der Waals surface area contributed by atoms with Gasteiger partial charge in [-0.2, -0.15) is 0 Å². The molecule has 0 nitrogen and oxygen atoms in total. The van der Waals surface area contributed by atoms with E-state index < -0.39 is 8.80 Å². The quantitative estimate of drug-likeness (QED) is 0.531. The van der Waals surface area contributed by atoms with Crippen molar-refractivity contribution >= 4 is 20.4 Å². The highest BCUT2D eigenvalue weighted by Crippen LogP contribution is 2.43. The topological polar surface area (TPSA) is 0 Å².